The molecule has 0 aromatic heterocycles. The van der Waals surface area contributed by atoms with E-state index in [1.165, 1.54) is 0 Å². The zero-order valence-corrected chi connectivity index (χ0v) is 8.16. The molecule has 0 aliphatic carbocycles. The van der Waals surface area contributed by atoms with Crippen LogP contribution in [0.2, 0.25) is 0 Å². The quantitative estimate of drug-likeness (QED) is 0.445. The first-order chi connectivity index (χ1) is 5.04. The molecule has 6 heteroatoms. The Kier molecular flexibility index (Phi) is 13.0. The van der Waals surface area contributed by atoms with Crippen molar-refractivity contribution in [2.45, 2.75) is 24.1 Å². The van der Waals surface area contributed by atoms with Crippen molar-refractivity contribution >= 4 is 40.8 Å². The van der Waals surface area contributed by atoms with Crippen molar-refractivity contribution in [3.63, 3.8) is 0 Å². The fourth-order valence-electron chi connectivity index (χ4n) is 0.250. The van der Waals surface area contributed by atoms with Gasteiger partial charge in [0.15, 0.2) is 4.30 Å². The van der Waals surface area contributed by atoms with E-state index >= 15 is 0 Å². The van der Waals surface area contributed by atoms with E-state index in [9.17, 15) is 4.79 Å². The van der Waals surface area contributed by atoms with Crippen molar-refractivity contribution < 1.29 is 14.9 Å². The van der Waals surface area contributed by atoms with E-state index in [0.717, 1.165) is 0 Å². The SMILES string of the molecule is CCCC(=O)OO.ClC(Cl)Cl. The molecule has 0 bridgehead atoms. The van der Waals surface area contributed by atoms with Gasteiger partial charge in [0, 0.05) is 6.42 Å². The molecule has 0 atom stereocenters. The summed E-state index contributed by atoms with van der Waals surface area (Å²) >= 11 is 14.4. The van der Waals surface area contributed by atoms with Crippen molar-refractivity contribution in [2.75, 3.05) is 0 Å². The minimum absolute atomic E-state index is 0.288. The van der Waals surface area contributed by atoms with Gasteiger partial charge < -0.3 is 4.89 Å². The summed E-state index contributed by atoms with van der Waals surface area (Å²) < 4.78 is -0.750. The highest BCUT2D eigenvalue weighted by Crippen LogP contribution is 2.03. The molecule has 0 fully saturated rings. The van der Waals surface area contributed by atoms with E-state index in [1.54, 1.807) is 0 Å². The molecule has 0 heterocycles. The molecule has 0 amide bonds. The van der Waals surface area contributed by atoms with Gasteiger partial charge in [-0.2, -0.15) is 5.26 Å². The summed E-state index contributed by atoms with van der Waals surface area (Å²) in [7, 11) is 0. The second-order valence-electron chi connectivity index (χ2n) is 1.46. The average molecular weight is 223 g/mol. The molecule has 0 aromatic rings. The fourth-order valence-corrected chi connectivity index (χ4v) is 0.250. The number of alkyl halides is 3. The zero-order valence-electron chi connectivity index (χ0n) is 5.89. The Bertz CT molecular complexity index is 94.2. The number of rotatable bonds is 2. The van der Waals surface area contributed by atoms with Gasteiger partial charge in [0.2, 0.25) is 0 Å². The smallest absolute Gasteiger partial charge is 0.301 e. The molecule has 0 radical (unpaired) electrons. The predicted molar refractivity (Wildman–Crippen MR) is 45.0 cm³/mol. The number of hydrogen-bond acceptors (Lipinski definition) is 3. The average Bonchev–Trinajstić information content (AvgIpc) is 1.87. The molecule has 0 aliphatic rings. The molecule has 0 saturated heterocycles. The first-order valence-electron chi connectivity index (χ1n) is 2.81. The van der Waals surface area contributed by atoms with Gasteiger partial charge in [0.25, 0.3) is 0 Å². The maximum Gasteiger partial charge on any atom is 0.342 e. The minimum atomic E-state index is -0.750. The normalized spacial score (nSPS) is 8.55. The lowest BCUT2D eigenvalue weighted by molar-refractivity contribution is -0.234. The Morgan fingerprint density at radius 3 is 2.00 bits per heavy atom. The van der Waals surface area contributed by atoms with Crippen LogP contribution in [0.3, 0.4) is 0 Å². The van der Waals surface area contributed by atoms with E-state index in [2.05, 4.69) is 4.89 Å². The highest BCUT2D eigenvalue weighted by atomic mass is 35.6. The maximum absolute atomic E-state index is 9.94. The van der Waals surface area contributed by atoms with Crippen LogP contribution in [0.25, 0.3) is 0 Å². The van der Waals surface area contributed by atoms with Gasteiger partial charge >= 0.3 is 5.97 Å². The maximum atomic E-state index is 9.94. The third kappa shape index (κ3) is 25.3. The third-order valence-electron chi connectivity index (χ3n) is 0.556. The fraction of sp³-hybridized carbons (Fsp3) is 0.800. The van der Waals surface area contributed by atoms with Crippen LogP contribution in [0, 0.1) is 0 Å². The molecule has 0 saturated carbocycles. The van der Waals surface area contributed by atoms with E-state index in [1.807, 2.05) is 6.92 Å². The topological polar surface area (TPSA) is 46.5 Å². The van der Waals surface area contributed by atoms with Crippen molar-refractivity contribution in [3.8, 4) is 0 Å². The minimum Gasteiger partial charge on any atom is -0.301 e. The van der Waals surface area contributed by atoms with Gasteiger partial charge in [-0.3, -0.25) is 0 Å². The van der Waals surface area contributed by atoms with Crippen molar-refractivity contribution in [1.29, 1.82) is 0 Å². The Morgan fingerprint density at radius 2 is 1.91 bits per heavy atom. The van der Waals surface area contributed by atoms with Gasteiger partial charge in [-0.15, -0.1) is 0 Å². The molecule has 0 rings (SSSR count). The second-order valence-corrected chi connectivity index (χ2v) is 3.44. The van der Waals surface area contributed by atoms with Crippen LogP contribution in [0.4, 0.5) is 0 Å². The molecular formula is C5H9Cl3O3. The monoisotopic (exact) mass is 222 g/mol. The van der Waals surface area contributed by atoms with Crippen molar-refractivity contribution in [1.82, 2.24) is 0 Å². The van der Waals surface area contributed by atoms with Crippen molar-refractivity contribution in [3.05, 3.63) is 0 Å². The highest BCUT2D eigenvalue weighted by molar-refractivity contribution is 6.63. The Balaban J connectivity index is 0. The molecule has 0 aliphatic heterocycles. The molecule has 1 N–H and O–H groups in total. The molecular weight excluding hydrogens is 214 g/mol. The Morgan fingerprint density at radius 1 is 1.55 bits per heavy atom. The third-order valence-corrected chi connectivity index (χ3v) is 0.556. The first kappa shape index (κ1) is 13.9. The van der Waals surface area contributed by atoms with Crippen LogP contribution in [-0.2, 0) is 9.68 Å². The molecule has 0 spiro atoms. The molecule has 11 heavy (non-hydrogen) atoms. The largest absolute Gasteiger partial charge is 0.342 e. The van der Waals surface area contributed by atoms with Crippen LogP contribution in [0.1, 0.15) is 19.8 Å². The zero-order chi connectivity index (χ0) is 9.28. The van der Waals surface area contributed by atoms with Crippen LogP contribution >= 0.6 is 34.8 Å². The standard InChI is InChI=1S/C4H8O3.CHCl3/c1-2-3-4(5)7-6;2-1(3)4/h6H,2-3H2,1H3;1H. The van der Waals surface area contributed by atoms with Crippen LogP contribution in [0.5, 0.6) is 0 Å². The van der Waals surface area contributed by atoms with Crippen LogP contribution in [0.15, 0.2) is 0 Å². The summed E-state index contributed by atoms with van der Waals surface area (Å²) in [5.74, 6) is -0.567. The number of hydrogen-bond donors (Lipinski definition) is 1. The predicted octanol–water partition coefficient (Wildman–Crippen LogP) is 2.79. The Labute approximate surface area is 80.1 Å². The van der Waals surface area contributed by atoms with Gasteiger partial charge in [-0.1, -0.05) is 41.7 Å². The van der Waals surface area contributed by atoms with E-state index in [4.69, 9.17) is 40.1 Å². The van der Waals surface area contributed by atoms with Crippen LogP contribution < -0.4 is 0 Å². The second kappa shape index (κ2) is 10.3. The summed E-state index contributed by atoms with van der Waals surface area (Å²) in [6.45, 7) is 1.83. The molecule has 68 valence electrons. The molecule has 3 nitrogen and oxygen atoms in total. The summed E-state index contributed by atoms with van der Waals surface area (Å²) in [5.41, 5.74) is 0. The van der Waals surface area contributed by atoms with Crippen molar-refractivity contribution in [2.24, 2.45) is 0 Å². The lowest BCUT2D eigenvalue weighted by Gasteiger charge is -1.87. The van der Waals surface area contributed by atoms with Gasteiger partial charge in [-0.25, -0.2) is 4.79 Å². The summed E-state index contributed by atoms with van der Waals surface area (Å²) in [6.07, 6.45) is 0.996. The van der Waals surface area contributed by atoms with Crippen LogP contribution in [-0.4, -0.2) is 15.5 Å². The number of carbonyl (C=O) groups excluding carboxylic acids is 1. The highest BCUT2D eigenvalue weighted by Gasteiger charge is 1.95. The number of halogens is 3. The lowest BCUT2D eigenvalue weighted by atomic mass is 10.3. The van der Waals surface area contributed by atoms with Gasteiger partial charge in [0.05, 0.1) is 0 Å². The van der Waals surface area contributed by atoms with E-state index < -0.39 is 10.3 Å². The molecule has 0 aromatic carbocycles. The summed E-state index contributed by atoms with van der Waals surface area (Å²) in [4.78, 5) is 13.3. The molecule has 0 unspecified atom stereocenters. The Hall–Kier alpha value is 0.300. The van der Waals surface area contributed by atoms with E-state index in [0.29, 0.717) is 6.42 Å². The first-order valence-corrected chi connectivity index (χ1v) is 4.12. The summed E-state index contributed by atoms with van der Waals surface area (Å²) in [6, 6.07) is 0. The summed E-state index contributed by atoms with van der Waals surface area (Å²) in [5, 5.41) is 7.62. The van der Waals surface area contributed by atoms with Gasteiger partial charge in [0.1, 0.15) is 0 Å². The number of carbonyl (C=O) groups is 1. The van der Waals surface area contributed by atoms with E-state index in [-0.39, 0.29) is 6.42 Å². The lowest BCUT2D eigenvalue weighted by Crippen LogP contribution is -1.97. The van der Waals surface area contributed by atoms with Gasteiger partial charge in [-0.05, 0) is 6.42 Å².